The molecule has 0 aromatic heterocycles. The van der Waals surface area contributed by atoms with Gasteiger partial charge in [0.25, 0.3) is 0 Å². The van der Waals surface area contributed by atoms with Crippen molar-refractivity contribution < 1.29 is 9.59 Å². The Morgan fingerprint density at radius 2 is 1.46 bits per heavy atom. The van der Waals surface area contributed by atoms with Gasteiger partial charge in [-0.15, -0.1) is 0 Å². The molecule has 0 saturated heterocycles. The first kappa shape index (κ1) is 15.7. The number of nitrogens with one attached hydrogen (secondary N) is 2. The number of rotatable bonds is 5. The van der Waals surface area contributed by atoms with Gasteiger partial charge in [0.2, 0.25) is 11.8 Å². The summed E-state index contributed by atoms with van der Waals surface area (Å²) in [6.07, 6.45) is 0.266. The van der Waals surface area contributed by atoms with E-state index in [0.29, 0.717) is 0 Å². The molecule has 0 heterocycles. The fourth-order valence-corrected chi connectivity index (χ4v) is 2.55. The Labute approximate surface area is 140 Å². The van der Waals surface area contributed by atoms with Gasteiger partial charge in [0.15, 0.2) is 0 Å². The summed E-state index contributed by atoms with van der Waals surface area (Å²) in [5.74, 6) is -0.415. The van der Waals surface area contributed by atoms with E-state index in [4.69, 9.17) is 0 Å². The highest BCUT2D eigenvalue weighted by Gasteiger charge is 2.08. The maximum atomic E-state index is 12.1. The van der Waals surface area contributed by atoms with Crippen LogP contribution in [0.5, 0.6) is 0 Å². The van der Waals surface area contributed by atoms with Gasteiger partial charge < -0.3 is 10.6 Å². The first-order valence-electron chi connectivity index (χ1n) is 7.80. The fraction of sp³-hybridized carbons (Fsp3) is 0.100. The van der Waals surface area contributed by atoms with Crippen LogP contribution in [0.15, 0.2) is 72.8 Å². The third-order valence-corrected chi connectivity index (χ3v) is 3.72. The summed E-state index contributed by atoms with van der Waals surface area (Å²) in [5.41, 5.74) is 1.67. The molecule has 3 aromatic rings. The van der Waals surface area contributed by atoms with Crippen LogP contribution >= 0.6 is 0 Å². The number of benzene rings is 3. The number of carbonyl (C=O) groups excluding carboxylic acids is 2. The van der Waals surface area contributed by atoms with E-state index in [1.54, 1.807) is 0 Å². The highest BCUT2D eigenvalue weighted by Crippen LogP contribution is 2.22. The lowest BCUT2D eigenvalue weighted by Crippen LogP contribution is -2.33. The monoisotopic (exact) mass is 318 g/mol. The summed E-state index contributed by atoms with van der Waals surface area (Å²) in [6, 6.07) is 23.0. The summed E-state index contributed by atoms with van der Waals surface area (Å²) in [5, 5.41) is 7.53. The van der Waals surface area contributed by atoms with Crippen molar-refractivity contribution in [2.45, 2.75) is 6.42 Å². The number of hydrogen-bond donors (Lipinski definition) is 2. The molecule has 0 unspecified atom stereocenters. The van der Waals surface area contributed by atoms with Gasteiger partial charge in [-0.25, -0.2) is 0 Å². The zero-order chi connectivity index (χ0) is 16.8. The summed E-state index contributed by atoms with van der Waals surface area (Å²) < 4.78 is 0. The molecule has 0 fully saturated rings. The minimum absolute atomic E-state index is 0.0467. The Morgan fingerprint density at radius 3 is 2.29 bits per heavy atom. The summed E-state index contributed by atoms with van der Waals surface area (Å²) in [6.45, 7) is -0.0467. The number of fused-ring (bicyclic) bond motifs is 1. The molecule has 4 nitrogen and oxygen atoms in total. The van der Waals surface area contributed by atoms with Crippen molar-refractivity contribution in [2.24, 2.45) is 0 Å². The van der Waals surface area contributed by atoms with Gasteiger partial charge in [0.1, 0.15) is 0 Å². The lowest BCUT2D eigenvalue weighted by molar-refractivity contribution is -0.123. The standard InChI is InChI=1S/C20H18N2O2/c23-19(13-15-7-2-1-3-8-15)21-14-20(24)22-18-12-6-10-16-9-4-5-11-17(16)18/h1-12H,13-14H2,(H,21,23)(H,22,24). The van der Waals surface area contributed by atoms with Crippen LogP contribution in [-0.4, -0.2) is 18.4 Å². The number of amides is 2. The van der Waals surface area contributed by atoms with E-state index in [9.17, 15) is 9.59 Å². The largest absolute Gasteiger partial charge is 0.347 e. The molecule has 3 aromatic carbocycles. The van der Waals surface area contributed by atoms with Crippen LogP contribution in [0.1, 0.15) is 5.56 Å². The molecule has 0 aliphatic rings. The highest BCUT2D eigenvalue weighted by molar-refractivity contribution is 6.03. The second kappa shape index (κ2) is 7.42. The molecule has 2 N–H and O–H groups in total. The average Bonchev–Trinajstić information content (AvgIpc) is 2.61. The summed E-state index contributed by atoms with van der Waals surface area (Å²) in [7, 11) is 0. The first-order valence-corrected chi connectivity index (χ1v) is 7.80. The van der Waals surface area contributed by atoms with Gasteiger partial charge in [0, 0.05) is 11.1 Å². The molecular formula is C20H18N2O2. The molecule has 0 radical (unpaired) electrons. The van der Waals surface area contributed by atoms with Gasteiger partial charge in [-0.3, -0.25) is 9.59 Å². The Kier molecular flexibility index (Phi) is 4.87. The minimum Gasteiger partial charge on any atom is -0.347 e. The van der Waals surface area contributed by atoms with E-state index in [1.807, 2.05) is 72.8 Å². The molecule has 0 aliphatic carbocycles. The highest BCUT2D eigenvalue weighted by atomic mass is 16.2. The SMILES string of the molecule is O=C(Cc1ccccc1)NCC(=O)Nc1cccc2ccccc12. The predicted molar refractivity (Wildman–Crippen MR) is 95.7 cm³/mol. The Hall–Kier alpha value is -3.14. The average molecular weight is 318 g/mol. The molecule has 0 bridgehead atoms. The first-order chi connectivity index (χ1) is 11.7. The summed E-state index contributed by atoms with van der Waals surface area (Å²) in [4.78, 5) is 24.0. The third-order valence-electron chi connectivity index (χ3n) is 3.72. The van der Waals surface area contributed by atoms with E-state index in [1.165, 1.54) is 0 Å². The molecule has 120 valence electrons. The predicted octanol–water partition coefficient (Wildman–Crippen LogP) is 3.14. The number of hydrogen-bond acceptors (Lipinski definition) is 2. The maximum Gasteiger partial charge on any atom is 0.243 e. The smallest absolute Gasteiger partial charge is 0.243 e. The third kappa shape index (κ3) is 3.98. The van der Waals surface area contributed by atoms with Crippen LogP contribution in [0.25, 0.3) is 10.8 Å². The molecule has 0 spiro atoms. The van der Waals surface area contributed by atoms with Crippen molar-refractivity contribution in [3.63, 3.8) is 0 Å². The van der Waals surface area contributed by atoms with Crippen molar-refractivity contribution in [3.05, 3.63) is 78.4 Å². The zero-order valence-corrected chi connectivity index (χ0v) is 13.2. The van der Waals surface area contributed by atoms with Crippen LogP contribution in [0.4, 0.5) is 5.69 Å². The molecule has 3 rings (SSSR count). The number of anilines is 1. The van der Waals surface area contributed by atoms with Crippen molar-refractivity contribution in [1.82, 2.24) is 5.32 Å². The molecule has 4 heteroatoms. The van der Waals surface area contributed by atoms with Crippen molar-refractivity contribution in [3.8, 4) is 0 Å². The van der Waals surface area contributed by atoms with Crippen LogP contribution in [0.2, 0.25) is 0 Å². The van der Waals surface area contributed by atoms with Crippen molar-refractivity contribution >= 4 is 28.3 Å². The van der Waals surface area contributed by atoms with Gasteiger partial charge in [-0.1, -0.05) is 66.7 Å². The normalized spacial score (nSPS) is 10.3. The van der Waals surface area contributed by atoms with E-state index >= 15 is 0 Å². The molecule has 2 amide bonds. The van der Waals surface area contributed by atoms with Gasteiger partial charge in [-0.2, -0.15) is 0 Å². The second-order valence-electron chi connectivity index (χ2n) is 5.51. The van der Waals surface area contributed by atoms with Crippen LogP contribution < -0.4 is 10.6 Å². The molecule has 0 aliphatic heterocycles. The quantitative estimate of drug-likeness (QED) is 0.759. The van der Waals surface area contributed by atoms with E-state index in [-0.39, 0.29) is 24.8 Å². The van der Waals surface area contributed by atoms with Crippen LogP contribution in [0, 0.1) is 0 Å². The van der Waals surface area contributed by atoms with Crippen molar-refractivity contribution in [2.75, 3.05) is 11.9 Å². The molecule has 0 atom stereocenters. The van der Waals surface area contributed by atoms with Gasteiger partial charge >= 0.3 is 0 Å². The Bertz CT molecular complexity index is 854. The summed E-state index contributed by atoms with van der Waals surface area (Å²) >= 11 is 0. The van der Waals surface area contributed by atoms with Gasteiger partial charge in [0.05, 0.1) is 13.0 Å². The lowest BCUT2D eigenvalue weighted by atomic mass is 10.1. The topological polar surface area (TPSA) is 58.2 Å². The molecular weight excluding hydrogens is 300 g/mol. The number of carbonyl (C=O) groups is 2. The van der Waals surface area contributed by atoms with E-state index in [2.05, 4.69) is 10.6 Å². The lowest BCUT2D eigenvalue weighted by Gasteiger charge is -2.09. The van der Waals surface area contributed by atoms with E-state index in [0.717, 1.165) is 22.0 Å². The maximum absolute atomic E-state index is 12.1. The molecule has 0 saturated carbocycles. The Morgan fingerprint density at radius 1 is 0.750 bits per heavy atom. The minimum atomic E-state index is -0.243. The Balaban J connectivity index is 1.56. The van der Waals surface area contributed by atoms with Crippen LogP contribution in [-0.2, 0) is 16.0 Å². The van der Waals surface area contributed by atoms with E-state index < -0.39 is 0 Å². The van der Waals surface area contributed by atoms with Crippen molar-refractivity contribution in [1.29, 1.82) is 0 Å². The van der Waals surface area contributed by atoms with Gasteiger partial charge in [-0.05, 0) is 17.0 Å². The van der Waals surface area contributed by atoms with Crippen LogP contribution in [0.3, 0.4) is 0 Å². The second-order valence-corrected chi connectivity index (χ2v) is 5.51. The fourth-order valence-electron chi connectivity index (χ4n) is 2.55. The zero-order valence-electron chi connectivity index (χ0n) is 13.2. The molecule has 24 heavy (non-hydrogen) atoms.